The fourth-order valence-electron chi connectivity index (χ4n) is 4.30. The number of benzene rings is 2. The van der Waals surface area contributed by atoms with Crippen molar-refractivity contribution in [3.63, 3.8) is 0 Å². The Bertz CT molecular complexity index is 1780. The van der Waals surface area contributed by atoms with Crippen molar-refractivity contribution in [3.05, 3.63) is 90.4 Å². The van der Waals surface area contributed by atoms with Crippen molar-refractivity contribution in [1.29, 1.82) is 0 Å². The Morgan fingerprint density at radius 1 is 1.00 bits per heavy atom. The molecule has 0 aliphatic heterocycles. The summed E-state index contributed by atoms with van der Waals surface area (Å²) in [6.07, 6.45) is 6.33. The summed E-state index contributed by atoms with van der Waals surface area (Å²) in [5.74, 6) is 0.547. The van der Waals surface area contributed by atoms with E-state index in [1.165, 1.54) is 28.5 Å². The second kappa shape index (κ2) is 11.6. The van der Waals surface area contributed by atoms with Crippen molar-refractivity contribution < 1.29 is 14.3 Å². The molecule has 206 valence electrons. The van der Waals surface area contributed by atoms with Crippen molar-refractivity contribution in [2.45, 2.75) is 13.8 Å². The van der Waals surface area contributed by atoms with E-state index in [1.54, 1.807) is 39.4 Å². The lowest BCUT2D eigenvalue weighted by Gasteiger charge is -2.12. The van der Waals surface area contributed by atoms with Crippen molar-refractivity contribution in [2.24, 2.45) is 0 Å². The van der Waals surface area contributed by atoms with Crippen LogP contribution < -0.4 is 15.8 Å². The Labute approximate surface area is 241 Å². The third-order valence-corrected chi connectivity index (χ3v) is 7.51. The Balaban J connectivity index is 1.63. The lowest BCUT2D eigenvalue weighted by Crippen LogP contribution is -2.22. The summed E-state index contributed by atoms with van der Waals surface area (Å²) in [6.45, 7) is 3.66. The molecule has 3 N–H and O–H groups in total. The molecule has 0 saturated heterocycles. The van der Waals surface area contributed by atoms with Gasteiger partial charge in [0.2, 0.25) is 5.91 Å². The van der Waals surface area contributed by atoms with E-state index in [0.29, 0.717) is 28.2 Å². The molecule has 9 nitrogen and oxygen atoms in total. The number of nitrogens with zero attached hydrogens (tertiary/aromatic N) is 4. The Morgan fingerprint density at radius 3 is 2.37 bits per heavy atom. The van der Waals surface area contributed by atoms with E-state index < -0.39 is 0 Å². The van der Waals surface area contributed by atoms with Gasteiger partial charge in [0.05, 0.1) is 10.3 Å². The van der Waals surface area contributed by atoms with E-state index in [4.69, 9.17) is 10.5 Å². The largest absolute Gasteiger partial charge is 0.424 e. The molecule has 41 heavy (non-hydrogen) atoms. The smallest absolute Gasteiger partial charge is 0.322 e. The van der Waals surface area contributed by atoms with Gasteiger partial charge in [-0.15, -0.1) is 11.3 Å². The lowest BCUT2D eigenvalue weighted by molar-refractivity contribution is -0.111. The molecule has 2 amide bonds. The van der Waals surface area contributed by atoms with Crippen molar-refractivity contribution in [2.75, 3.05) is 25.1 Å². The number of hydrogen-bond donors (Lipinski definition) is 2. The zero-order valence-corrected chi connectivity index (χ0v) is 23.8. The van der Waals surface area contributed by atoms with Crippen LogP contribution in [0.15, 0.2) is 79.1 Å². The highest BCUT2D eigenvalue weighted by Gasteiger charge is 2.24. The molecule has 0 aliphatic carbocycles. The summed E-state index contributed by atoms with van der Waals surface area (Å²) < 4.78 is 6.60. The first-order chi connectivity index (χ1) is 19.7. The van der Waals surface area contributed by atoms with Crippen LogP contribution in [0.1, 0.15) is 23.0 Å². The number of pyridine rings is 1. The fraction of sp³-hybridized carbons (Fsp3) is 0.129. The molecule has 0 spiro atoms. The number of nitrogens with two attached hydrogens (primary N) is 1. The van der Waals surface area contributed by atoms with E-state index in [-0.39, 0.29) is 17.8 Å². The number of aromatic nitrogens is 3. The summed E-state index contributed by atoms with van der Waals surface area (Å²) in [7, 11) is 3.41. The van der Waals surface area contributed by atoms with Crippen LogP contribution in [-0.4, -0.2) is 45.8 Å². The molecule has 0 atom stereocenters. The Kier molecular flexibility index (Phi) is 7.75. The van der Waals surface area contributed by atoms with Crippen LogP contribution in [0.25, 0.3) is 31.7 Å². The molecule has 0 aliphatic rings. The zero-order chi connectivity index (χ0) is 29.1. The van der Waals surface area contributed by atoms with E-state index in [9.17, 15) is 9.59 Å². The normalized spacial score (nSPS) is 11.1. The molecule has 0 radical (unpaired) electrons. The van der Waals surface area contributed by atoms with Crippen LogP contribution >= 0.6 is 11.3 Å². The molecule has 10 heteroatoms. The zero-order valence-electron chi connectivity index (χ0n) is 23.0. The maximum absolute atomic E-state index is 13.1. The number of ether oxygens (including phenoxy) is 1. The van der Waals surface area contributed by atoms with E-state index in [0.717, 1.165) is 32.0 Å². The number of nitrogens with one attached hydrogen (secondary N) is 1. The predicted octanol–water partition coefficient (Wildman–Crippen LogP) is 6.32. The number of carbonyl (C=O) groups excluding carboxylic acids is 2. The molecule has 0 bridgehead atoms. The summed E-state index contributed by atoms with van der Waals surface area (Å²) in [4.78, 5) is 40.4. The molecular formula is C31H28N6O3S. The second-order valence-electron chi connectivity index (χ2n) is 9.44. The molecule has 3 heterocycles. The van der Waals surface area contributed by atoms with Gasteiger partial charge < -0.3 is 20.7 Å². The van der Waals surface area contributed by atoms with E-state index in [1.807, 2.05) is 55.5 Å². The van der Waals surface area contributed by atoms with Gasteiger partial charge in [-0.2, -0.15) is 0 Å². The number of allylic oxidation sites excluding steroid dienone is 1. The minimum absolute atomic E-state index is 0.161. The first-order valence-corrected chi connectivity index (χ1v) is 13.6. The van der Waals surface area contributed by atoms with Crippen LogP contribution in [0.2, 0.25) is 0 Å². The number of aryl methyl sites for hydroxylation is 1. The van der Waals surface area contributed by atoms with Gasteiger partial charge in [0, 0.05) is 53.7 Å². The quantitative estimate of drug-likeness (QED) is 0.222. The molecule has 0 fully saturated rings. The number of hydrogen-bond acceptors (Lipinski definition) is 8. The molecular weight excluding hydrogens is 536 g/mol. The highest BCUT2D eigenvalue weighted by atomic mass is 32.1. The Morgan fingerprint density at radius 2 is 1.71 bits per heavy atom. The second-order valence-corrected chi connectivity index (χ2v) is 10.5. The van der Waals surface area contributed by atoms with Crippen LogP contribution in [0.5, 0.6) is 11.8 Å². The van der Waals surface area contributed by atoms with Crippen LogP contribution in [-0.2, 0) is 4.79 Å². The monoisotopic (exact) mass is 564 g/mol. The third-order valence-electron chi connectivity index (χ3n) is 6.24. The standard InChI is InChI=1S/C31H28N6O3S/c1-5-6-24(38)36-21-11-7-20(8-12-21)27-25(26-28(41-27)23(17-34-29(26)32)30(39)37(3)4)19-9-13-22(14-10-19)40-31-33-16-15-18(2)35-31/h5-17H,1-4H3,(H2,32,34)(H,36,38). The fourth-order valence-corrected chi connectivity index (χ4v) is 5.64. The minimum atomic E-state index is -0.202. The van der Waals surface area contributed by atoms with Gasteiger partial charge in [0.15, 0.2) is 0 Å². The molecule has 5 aromatic rings. The topological polar surface area (TPSA) is 123 Å². The minimum Gasteiger partial charge on any atom is -0.424 e. The number of fused-ring (bicyclic) bond motifs is 1. The molecule has 5 rings (SSSR count). The van der Waals surface area contributed by atoms with Gasteiger partial charge in [-0.1, -0.05) is 30.3 Å². The van der Waals surface area contributed by atoms with Gasteiger partial charge >= 0.3 is 6.01 Å². The van der Waals surface area contributed by atoms with Crippen molar-refractivity contribution >= 4 is 44.7 Å². The highest BCUT2D eigenvalue weighted by Crippen LogP contribution is 2.48. The number of thiophene rings is 1. The first-order valence-electron chi connectivity index (χ1n) is 12.8. The van der Waals surface area contributed by atoms with Gasteiger partial charge in [-0.25, -0.2) is 15.0 Å². The van der Waals surface area contributed by atoms with Gasteiger partial charge in [-0.3, -0.25) is 9.59 Å². The summed E-state index contributed by atoms with van der Waals surface area (Å²) in [5, 5.41) is 3.55. The molecule has 3 aromatic heterocycles. The maximum atomic E-state index is 13.1. The van der Waals surface area contributed by atoms with Crippen LogP contribution in [0, 0.1) is 6.92 Å². The van der Waals surface area contributed by atoms with Gasteiger partial charge in [-0.05, 0) is 61.4 Å². The van der Waals surface area contributed by atoms with E-state index >= 15 is 0 Å². The number of nitrogen functional groups attached to an aromatic ring is 1. The predicted molar refractivity (Wildman–Crippen MR) is 163 cm³/mol. The summed E-state index contributed by atoms with van der Waals surface area (Å²) in [6, 6.07) is 17.2. The average molecular weight is 565 g/mol. The van der Waals surface area contributed by atoms with Crippen molar-refractivity contribution in [3.8, 4) is 33.3 Å². The van der Waals surface area contributed by atoms with Crippen molar-refractivity contribution in [1.82, 2.24) is 19.9 Å². The molecule has 0 saturated carbocycles. The number of carbonyl (C=O) groups is 2. The lowest BCUT2D eigenvalue weighted by atomic mass is 9.98. The SMILES string of the molecule is CC=CC(=O)Nc1ccc(-c2sc3c(C(=O)N(C)C)cnc(N)c3c2-c2ccc(Oc3nccc(C)n3)cc2)cc1. The van der Waals surface area contributed by atoms with Crippen LogP contribution in [0.4, 0.5) is 11.5 Å². The third kappa shape index (κ3) is 5.78. The number of amides is 2. The number of anilines is 2. The highest BCUT2D eigenvalue weighted by molar-refractivity contribution is 7.23. The van der Waals surface area contributed by atoms with E-state index in [2.05, 4.69) is 20.3 Å². The van der Waals surface area contributed by atoms with Gasteiger partial charge in [0.1, 0.15) is 11.6 Å². The summed E-state index contributed by atoms with van der Waals surface area (Å²) >= 11 is 1.48. The summed E-state index contributed by atoms with van der Waals surface area (Å²) in [5.41, 5.74) is 11.0. The average Bonchev–Trinajstić information content (AvgIpc) is 3.35. The molecule has 2 aromatic carbocycles. The van der Waals surface area contributed by atoms with Gasteiger partial charge in [0.25, 0.3) is 5.91 Å². The maximum Gasteiger partial charge on any atom is 0.322 e. The Hall–Kier alpha value is -5.09. The first kappa shape index (κ1) is 27.5. The van der Waals surface area contributed by atoms with Crippen LogP contribution in [0.3, 0.4) is 0 Å². The molecule has 0 unspecified atom stereocenters. The number of rotatable bonds is 7.